The lowest BCUT2D eigenvalue weighted by molar-refractivity contribution is 0.242. The Kier molecular flexibility index (Phi) is 5.54. The Balaban J connectivity index is 1.64. The zero-order valence-electron chi connectivity index (χ0n) is 14.4. The van der Waals surface area contributed by atoms with Crippen LogP contribution in [0.2, 0.25) is 5.15 Å². The molecular weight excluding hydrogens is 352 g/mol. The lowest BCUT2D eigenvalue weighted by Gasteiger charge is -2.34. The highest BCUT2D eigenvalue weighted by molar-refractivity contribution is 6.30. The summed E-state index contributed by atoms with van der Waals surface area (Å²) in [6.07, 6.45) is 3.35. The fraction of sp³-hybridized carbons (Fsp3) is 0.333. The van der Waals surface area contributed by atoms with Crippen LogP contribution >= 0.6 is 11.6 Å². The monoisotopic (exact) mass is 370 g/mol. The summed E-state index contributed by atoms with van der Waals surface area (Å²) in [6, 6.07) is 11.2. The molecule has 1 saturated heterocycles. The number of anilines is 2. The molecule has 2 heterocycles. The number of urea groups is 1. The van der Waals surface area contributed by atoms with E-state index in [2.05, 4.69) is 15.3 Å². The number of amides is 2. The molecule has 26 heavy (non-hydrogen) atoms. The Labute approximate surface area is 157 Å². The second kappa shape index (κ2) is 8.02. The van der Waals surface area contributed by atoms with Crippen LogP contribution in [0.5, 0.6) is 0 Å². The molecule has 1 unspecified atom stereocenters. The summed E-state index contributed by atoms with van der Waals surface area (Å²) in [4.78, 5) is 24.4. The lowest BCUT2D eigenvalue weighted by atomic mass is 10.1. The second-order valence-electron chi connectivity index (χ2n) is 6.11. The first-order valence-corrected chi connectivity index (χ1v) is 8.73. The number of carbonyl (C=O) groups excluding carboxylic acids is 1. The van der Waals surface area contributed by atoms with Crippen molar-refractivity contribution in [1.82, 2.24) is 15.3 Å². The van der Waals surface area contributed by atoms with Crippen LogP contribution in [0.4, 0.5) is 16.3 Å². The number of hydrogen-bond donors (Lipinski definition) is 1. The molecule has 1 aromatic carbocycles. The first-order valence-electron chi connectivity index (χ1n) is 8.35. The van der Waals surface area contributed by atoms with E-state index in [-0.39, 0.29) is 22.9 Å². The van der Waals surface area contributed by atoms with E-state index in [4.69, 9.17) is 16.9 Å². The van der Waals surface area contributed by atoms with Crippen LogP contribution in [0.3, 0.4) is 0 Å². The van der Waals surface area contributed by atoms with Gasteiger partial charge in [-0.15, -0.1) is 0 Å². The zero-order chi connectivity index (χ0) is 18.5. The molecule has 2 aromatic rings. The fourth-order valence-electron chi connectivity index (χ4n) is 2.93. The highest BCUT2D eigenvalue weighted by Gasteiger charge is 2.24. The van der Waals surface area contributed by atoms with E-state index < -0.39 is 0 Å². The summed E-state index contributed by atoms with van der Waals surface area (Å²) in [5.41, 5.74) is 0.948. The molecule has 3 rings (SSSR count). The number of benzene rings is 1. The van der Waals surface area contributed by atoms with Crippen LogP contribution in [-0.2, 0) is 0 Å². The van der Waals surface area contributed by atoms with E-state index >= 15 is 0 Å². The number of carbonyl (C=O) groups is 1. The van der Waals surface area contributed by atoms with Gasteiger partial charge in [0, 0.05) is 31.9 Å². The summed E-state index contributed by atoms with van der Waals surface area (Å²) < 4.78 is 0. The zero-order valence-corrected chi connectivity index (χ0v) is 15.1. The van der Waals surface area contributed by atoms with Gasteiger partial charge in [-0.1, -0.05) is 29.8 Å². The fourth-order valence-corrected chi connectivity index (χ4v) is 3.11. The van der Waals surface area contributed by atoms with E-state index in [9.17, 15) is 4.79 Å². The summed E-state index contributed by atoms with van der Waals surface area (Å²) in [5, 5.41) is 12.1. The third kappa shape index (κ3) is 4.03. The maximum Gasteiger partial charge on any atom is 0.321 e. The molecule has 7 nitrogen and oxygen atoms in total. The van der Waals surface area contributed by atoms with Gasteiger partial charge >= 0.3 is 6.03 Å². The van der Waals surface area contributed by atoms with Gasteiger partial charge < -0.3 is 10.2 Å². The van der Waals surface area contributed by atoms with E-state index in [1.807, 2.05) is 41.3 Å². The number of nitrogens with zero attached hydrogens (tertiary/aromatic N) is 5. The number of aromatic nitrogens is 2. The number of hydrogen-bond acceptors (Lipinski definition) is 5. The average molecular weight is 371 g/mol. The van der Waals surface area contributed by atoms with Crippen LogP contribution in [0, 0.1) is 11.3 Å². The first-order chi connectivity index (χ1) is 12.6. The van der Waals surface area contributed by atoms with Gasteiger partial charge in [-0.05, 0) is 25.0 Å². The standard InChI is InChI=1S/C18H19ClN6O/c1-24(14-7-3-2-4-8-14)18(26)22-13-6-5-9-25(12-13)16-11-21-15(10-20)17(19)23-16/h2-4,7-8,11,13H,5-6,9,12H2,1H3,(H,22,26). The lowest BCUT2D eigenvalue weighted by Crippen LogP contribution is -2.51. The molecule has 0 bridgehead atoms. The Hall–Kier alpha value is -2.85. The molecule has 0 radical (unpaired) electrons. The van der Waals surface area contributed by atoms with E-state index in [1.165, 1.54) is 0 Å². The number of para-hydroxylation sites is 1. The Bertz CT molecular complexity index is 822. The maximum absolute atomic E-state index is 12.5. The van der Waals surface area contributed by atoms with Crippen molar-refractivity contribution in [3.63, 3.8) is 0 Å². The van der Waals surface area contributed by atoms with Crippen LogP contribution in [0.15, 0.2) is 36.5 Å². The molecule has 1 aliphatic heterocycles. The molecule has 0 spiro atoms. The molecule has 8 heteroatoms. The highest BCUT2D eigenvalue weighted by Crippen LogP contribution is 2.21. The SMILES string of the molecule is CN(C(=O)NC1CCCN(c2cnc(C#N)c(Cl)n2)C1)c1ccccc1. The smallest absolute Gasteiger partial charge is 0.321 e. The summed E-state index contributed by atoms with van der Waals surface area (Å²) >= 11 is 5.98. The second-order valence-corrected chi connectivity index (χ2v) is 6.47. The van der Waals surface area contributed by atoms with Gasteiger partial charge in [-0.2, -0.15) is 5.26 Å². The van der Waals surface area contributed by atoms with Crippen molar-refractivity contribution in [3.05, 3.63) is 47.4 Å². The minimum atomic E-state index is -0.146. The largest absolute Gasteiger partial charge is 0.353 e. The Morgan fingerprint density at radius 3 is 2.88 bits per heavy atom. The van der Waals surface area contributed by atoms with Gasteiger partial charge in [0.25, 0.3) is 0 Å². The number of nitriles is 1. The van der Waals surface area contributed by atoms with Crippen LogP contribution < -0.4 is 15.1 Å². The van der Waals surface area contributed by atoms with Crippen LogP contribution in [-0.4, -0.2) is 42.2 Å². The van der Waals surface area contributed by atoms with E-state index in [0.29, 0.717) is 12.4 Å². The van der Waals surface area contributed by atoms with Gasteiger partial charge in [0.15, 0.2) is 10.8 Å². The molecule has 1 aliphatic rings. The molecule has 1 atom stereocenters. The Morgan fingerprint density at radius 1 is 1.42 bits per heavy atom. The topological polar surface area (TPSA) is 85.2 Å². The number of piperidine rings is 1. The van der Waals surface area contributed by atoms with Gasteiger partial charge in [-0.3, -0.25) is 4.90 Å². The van der Waals surface area contributed by atoms with Crippen molar-refractivity contribution in [2.24, 2.45) is 0 Å². The third-order valence-electron chi connectivity index (χ3n) is 4.34. The molecule has 1 aromatic heterocycles. The molecule has 1 N–H and O–H groups in total. The number of rotatable bonds is 3. The maximum atomic E-state index is 12.5. The first kappa shape index (κ1) is 18.0. The molecule has 0 saturated carbocycles. The van der Waals surface area contributed by atoms with Crippen molar-refractivity contribution in [3.8, 4) is 6.07 Å². The molecular formula is C18H19ClN6O. The van der Waals surface area contributed by atoms with Crippen LogP contribution in [0.25, 0.3) is 0 Å². The van der Waals surface area contributed by atoms with E-state index in [1.54, 1.807) is 18.1 Å². The predicted octanol–water partition coefficient (Wildman–Crippen LogP) is 2.82. The minimum absolute atomic E-state index is 0.00127. The van der Waals surface area contributed by atoms with Crippen molar-refractivity contribution in [2.75, 3.05) is 29.9 Å². The summed E-state index contributed by atoms with van der Waals surface area (Å²) in [6.45, 7) is 1.42. The van der Waals surface area contributed by atoms with Gasteiger partial charge in [-0.25, -0.2) is 14.8 Å². The van der Waals surface area contributed by atoms with Crippen LogP contribution in [0.1, 0.15) is 18.5 Å². The van der Waals surface area contributed by atoms with Crippen molar-refractivity contribution < 1.29 is 4.79 Å². The quantitative estimate of drug-likeness (QED) is 0.897. The normalized spacial score (nSPS) is 16.7. The average Bonchev–Trinajstić information content (AvgIpc) is 2.68. The van der Waals surface area contributed by atoms with Gasteiger partial charge in [0.05, 0.1) is 6.20 Å². The van der Waals surface area contributed by atoms with Gasteiger partial charge in [0.2, 0.25) is 0 Å². The predicted molar refractivity (Wildman–Crippen MR) is 100 cm³/mol. The molecule has 1 fully saturated rings. The minimum Gasteiger partial charge on any atom is -0.353 e. The Morgan fingerprint density at radius 2 is 2.19 bits per heavy atom. The van der Waals surface area contributed by atoms with Gasteiger partial charge in [0.1, 0.15) is 11.9 Å². The molecule has 2 amide bonds. The van der Waals surface area contributed by atoms with Crippen molar-refractivity contribution in [2.45, 2.75) is 18.9 Å². The number of nitrogens with one attached hydrogen (secondary N) is 1. The highest BCUT2D eigenvalue weighted by atomic mass is 35.5. The van der Waals surface area contributed by atoms with E-state index in [0.717, 1.165) is 25.1 Å². The van der Waals surface area contributed by atoms with Crippen molar-refractivity contribution in [1.29, 1.82) is 5.26 Å². The summed E-state index contributed by atoms with van der Waals surface area (Å²) in [7, 11) is 1.75. The molecule has 0 aliphatic carbocycles. The third-order valence-corrected chi connectivity index (χ3v) is 4.61. The van der Waals surface area contributed by atoms with Crippen molar-refractivity contribution >= 4 is 29.1 Å². The molecule has 134 valence electrons. The summed E-state index contributed by atoms with van der Waals surface area (Å²) in [5.74, 6) is 0.615. The number of halogens is 1.